The van der Waals surface area contributed by atoms with Gasteiger partial charge in [-0.15, -0.1) is 0 Å². The van der Waals surface area contributed by atoms with Gasteiger partial charge in [-0.25, -0.2) is 8.42 Å². The first-order chi connectivity index (χ1) is 15.2. The molecule has 0 fully saturated rings. The van der Waals surface area contributed by atoms with Crippen molar-refractivity contribution < 1.29 is 13.2 Å². The zero-order valence-electron chi connectivity index (χ0n) is 18.4. The molecule has 0 saturated carbocycles. The molecule has 0 N–H and O–H groups in total. The highest BCUT2D eigenvalue weighted by molar-refractivity contribution is 7.90. The molecule has 0 radical (unpaired) electrons. The van der Waals surface area contributed by atoms with E-state index in [0.717, 1.165) is 27.9 Å². The van der Waals surface area contributed by atoms with E-state index in [1.54, 1.807) is 28.8 Å². The third-order valence-corrected chi connectivity index (χ3v) is 7.30. The van der Waals surface area contributed by atoms with Crippen molar-refractivity contribution in [3.05, 3.63) is 95.7 Å². The van der Waals surface area contributed by atoms with Crippen LogP contribution in [0.4, 0.5) is 5.69 Å². The Morgan fingerprint density at radius 2 is 1.59 bits per heavy atom. The van der Waals surface area contributed by atoms with Crippen molar-refractivity contribution in [2.24, 2.45) is 0 Å². The molecule has 0 unspecified atom stereocenters. The minimum atomic E-state index is -3.60. The molecule has 32 heavy (non-hydrogen) atoms. The van der Waals surface area contributed by atoms with Crippen LogP contribution in [0.3, 0.4) is 0 Å². The number of aromatic nitrogens is 1. The largest absolute Gasteiger partial charge is 0.337 e. The minimum absolute atomic E-state index is 0.0465. The van der Waals surface area contributed by atoms with Crippen LogP contribution >= 0.6 is 0 Å². The van der Waals surface area contributed by atoms with Gasteiger partial charge in [0.2, 0.25) is 5.91 Å². The molecule has 0 aliphatic carbocycles. The third kappa shape index (κ3) is 4.46. The van der Waals surface area contributed by atoms with Crippen LogP contribution in [0.25, 0.3) is 10.9 Å². The number of hydrogen-bond acceptors (Lipinski definition) is 3. The van der Waals surface area contributed by atoms with Gasteiger partial charge in [0, 0.05) is 29.8 Å². The number of aryl methyl sites for hydroxylation is 2. The first kappa shape index (κ1) is 21.8. The van der Waals surface area contributed by atoms with E-state index in [1.807, 2.05) is 80.6 Å². The van der Waals surface area contributed by atoms with Crippen LogP contribution < -0.4 is 4.90 Å². The monoisotopic (exact) mass is 446 g/mol. The molecule has 4 aromatic rings. The Balaban J connectivity index is 1.68. The summed E-state index contributed by atoms with van der Waals surface area (Å²) in [5, 5.41) is 0.631. The first-order valence-electron chi connectivity index (χ1n) is 10.4. The van der Waals surface area contributed by atoms with Crippen LogP contribution in [-0.2, 0) is 26.9 Å². The Kier molecular flexibility index (Phi) is 5.89. The highest BCUT2D eigenvalue weighted by Gasteiger charge is 2.23. The molecule has 5 nitrogen and oxygen atoms in total. The number of sulfone groups is 1. The summed E-state index contributed by atoms with van der Waals surface area (Å²) in [5.74, 6) is -0.209. The van der Waals surface area contributed by atoms with Crippen LogP contribution in [0.2, 0.25) is 0 Å². The zero-order valence-corrected chi connectivity index (χ0v) is 19.3. The van der Waals surface area contributed by atoms with Crippen LogP contribution in [0.15, 0.2) is 83.9 Å². The normalized spacial score (nSPS) is 11.6. The van der Waals surface area contributed by atoms with Crippen LogP contribution in [0.5, 0.6) is 0 Å². The Hall–Kier alpha value is -3.38. The molecule has 3 aromatic carbocycles. The molecule has 1 amide bonds. The maximum Gasteiger partial charge on any atom is 0.246 e. The van der Waals surface area contributed by atoms with E-state index in [2.05, 4.69) is 0 Å². The Morgan fingerprint density at radius 1 is 0.906 bits per heavy atom. The molecule has 164 valence electrons. The fraction of sp³-hybridized carbons (Fsp3) is 0.192. The average molecular weight is 447 g/mol. The number of fused-ring (bicyclic) bond motifs is 1. The number of likely N-dealkylation sites (N-methyl/N-ethyl adjacent to an activating group) is 1. The number of para-hydroxylation sites is 1. The van der Waals surface area contributed by atoms with Crippen molar-refractivity contribution in [3.63, 3.8) is 0 Å². The SMILES string of the molecule is Cc1cccc(CS(=O)(=O)c2cn(CC(=O)N(C)c3cccc(C)c3)c3ccccc23)c1. The second kappa shape index (κ2) is 8.63. The summed E-state index contributed by atoms with van der Waals surface area (Å²) in [6.07, 6.45) is 1.60. The zero-order chi connectivity index (χ0) is 22.9. The van der Waals surface area contributed by atoms with Crippen molar-refractivity contribution >= 4 is 32.3 Å². The Bertz CT molecular complexity index is 1400. The lowest BCUT2D eigenvalue weighted by Crippen LogP contribution is -2.29. The minimum Gasteiger partial charge on any atom is -0.337 e. The number of amides is 1. The molecule has 6 heteroatoms. The molecule has 1 aromatic heterocycles. The number of carbonyl (C=O) groups excluding carboxylic acids is 1. The summed E-state index contributed by atoms with van der Waals surface area (Å²) in [5.41, 5.74) is 4.36. The van der Waals surface area contributed by atoms with Crippen LogP contribution in [0, 0.1) is 13.8 Å². The molecular weight excluding hydrogens is 420 g/mol. The number of benzene rings is 3. The lowest BCUT2D eigenvalue weighted by Gasteiger charge is -2.18. The molecule has 0 aliphatic rings. The van der Waals surface area contributed by atoms with Gasteiger partial charge in [0.05, 0.1) is 10.6 Å². The molecule has 0 atom stereocenters. The van der Waals surface area contributed by atoms with Crippen LogP contribution in [-0.4, -0.2) is 25.9 Å². The van der Waals surface area contributed by atoms with E-state index in [1.165, 1.54) is 0 Å². The number of carbonyl (C=O) groups is 1. The van der Waals surface area contributed by atoms with Crippen molar-refractivity contribution in [2.75, 3.05) is 11.9 Å². The van der Waals surface area contributed by atoms with E-state index in [0.29, 0.717) is 5.39 Å². The van der Waals surface area contributed by atoms with Crippen molar-refractivity contribution in [1.82, 2.24) is 4.57 Å². The van der Waals surface area contributed by atoms with E-state index >= 15 is 0 Å². The molecule has 0 aliphatic heterocycles. The number of nitrogens with zero attached hydrogens (tertiary/aromatic N) is 2. The predicted molar refractivity (Wildman–Crippen MR) is 129 cm³/mol. The van der Waals surface area contributed by atoms with E-state index < -0.39 is 9.84 Å². The van der Waals surface area contributed by atoms with Gasteiger partial charge in [-0.05, 0) is 43.2 Å². The fourth-order valence-corrected chi connectivity index (χ4v) is 5.49. The molecule has 4 rings (SSSR count). The predicted octanol–water partition coefficient (Wildman–Crippen LogP) is 4.90. The maximum atomic E-state index is 13.3. The standard InChI is InChI=1S/C26H26N2O3S/c1-19-8-6-10-21(14-19)18-32(30,31)25-16-28(24-13-5-4-12-23(24)25)17-26(29)27(3)22-11-7-9-20(2)15-22/h4-16H,17-18H2,1-3H3. The van der Waals surface area contributed by atoms with Gasteiger partial charge in [0.25, 0.3) is 0 Å². The first-order valence-corrected chi connectivity index (χ1v) is 12.1. The smallest absolute Gasteiger partial charge is 0.246 e. The van der Waals surface area contributed by atoms with E-state index in [-0.39, 0.29) is 23.1 Å². The summed E-state index contributed by atoms with van der Waals surface area (Å²) < 4.78 is 28.3. The summed E-state index contributed by atoms with van der Waals surface area (Å²) in [6, 6.07) is 22.6. The summed E-state index contributed by atoms with van der Waals surface area (Å²) in [7, 11) is -1.86. The quantitative estimate of drug-likeness (QED) is 0.423. The van der Waals surface area contributed by atoms with Gasteiger partial charge in [-0.2, -0.15) is 0 Å². The number of rotatable bonds is 6. The fourth-order valence-electron chi connectivity index (χ4n) is 3.92. The van der Waals surface area contributed by atoms with Gasteiger partial charge in [-0.1, -0.05) is 60.2 Å². The third-order valence-electron chi connectivity index (χ3n) is 5.59. The lowest BCUT2D eigenvalue weighted by atomic mass is 10.2. The van der Waals surface area contributed by atoms with Gasteiger partial charge in [-0.3, -0.25) is 4.79 Å². The van der Waals surface area contributed by atoms with E-state index in [4.69, 9.17) is 0 Å². The Labute approximate surface area is 188 Å². The highest BCUT2D eigenvalue weighted by atomic mass is 32.2. The van der Waals surface area contributed by atoms with E-state index in [9.17, 15) is 13.2 Å². The molecule has 0 spiro atoms. The molecule has 0 saturated heterocycles. The van der Waals surface area contributed by atoms with Gasteiger partial charge < -0.3 is 9.47 Å². The number of anilines is 1. The number of hydrogen-bond donors (Lipinski definition) is 0. The summed E-state index contributed by atoms with van der Waals surface area (Å²) >= 11 is 0. The Morgan fingerprint density at radius 3 is 2.31 bits per heavy atom. The van der Waals surface area contributed by atoms with Crippen molar-refractivity contribution in [1.29, 1.82) is 0 Å². The van der Waals surface area contributed by atoms with Crippen molar-refractivity contribution in [3.8, 4) is 0 Å². The van der Waals surface area contributed by atoms with Crippen molar-refractivity contribution in [2.45, 2.75) is 31.0 Å². The average Bonchev–Trinajstić information content (AvgIpc) is 3.12. The second-order valence-corrected chi connectivity index (χ2v) is 10.1. The maximum absolute atomic E-state index is 13.3. The molecule has 0 bridgehead atoms. The molecule has 1 heterocycles. The lowest BCUT2D eigenvalue weighted by molar-refractivity contribution is -0.118. The second-order valence-electron chi connectivity index (χ2n) is 8.18. The summed E-state index contributed by atoms with van der Waals surface area (Å²) in [6.45, 7) is 3.97. The summed E-state index contributed by atoms with van der Waals surface area (Å²) in [4.78, 5) is 14.9. The van der Waals surface area contributed by atoms with Gasteiger partial charge in [0.1, 0.15) is 6.54 Å². The topological polar surface area (TPSA) is 59.4 Å². The van der Waals surface area contributed by atoms with Crippen LogP contribution in [0.1, 0.15) is 16.7 Å². The highest BCUT2D eigenvalue weighted by Crippen LogP contribution is 2.28. The molecular formula is C26H26N2O3S. The van der Waals surface area contributed by atoms with Gasteiger partial charge >= 0.3 is 0 Å². The van der Waals surface area contributed by atoms with Gasteiger partial charge in [0.15, 0.2) is 9.84 Å².